The summed E-state index contributed by atoms with van der Waals surface area (Å²) in [6, 6.07) is 7.51. The first-order chi connectivity index (χ1) is 15.7. The number of hydrogen-bond acceptors (Lipinski definition) is 9. The van der Waals surface area contributed by atoms with Crippen molar-refractivity contribution >= 4 is 29.1 Å². The minimum absolute atomic E-state index is 0.115. The number of halogens is 1. The molecule has 11 heteroatoms. The maximum Gasteiger partial charge on any atom is 0.330 e. The zero-order valence-electron chi connectivity index (χ0n) is 19.0. The van der Waals surface area contributed by atoms with Crippen LogP contribution in [0.2, 0.25) is 5.02 Å². The lowest BCUT2D eigenvalue weighted by molar-refractivity contribution is -0.156. The Labute approximate surface area is 197 Å². The number of tetrazole rings is 1. The molecule has 0 spiro atoms. The molecule has 4 rings (SSSR count). The number of aromatic nitrogens is 4. The predicted octanol–water partition coefficient (Wildman–Crippen LogP) is 3.22. The van der Waals surface area contributed by atoms with Crippen molar-refractivity contribution in [3.63, 3.8) is 0 Å². The number of carbonyl (C=O) groups is 1. The summed E-state index contributed by atoms with van der Waals surface area (Å²) in [6.07, 6.45) is 1.78. The van der Waals surface area contributed by atoms with Crippen LogP contribution >= 0.6 is 11.6 Å². The fourth-order valence-corrected chi connectivity index (χ4v) is 4.19. The van der Waals surface area contributed by atoms with Gasteiger partial charge >= 0.3 is 5.97 Å². The highest BCUT2D eigenvalue weighted by atomic mass is 35.5. The molecule has 33 heavy (non-hydrogen) atoms. The summed E-state index contributed by atoms with van der Waals surface area (Å²) >= 11 is 6.27. The molecule has 1 atom stereocenters. The molecule has 2 aromatic rings. The van der Waals surface area contributed by atoms with E-state index in [-0.39, 0.29) is 12.5 Å². The van der Waals surface area contributed by atoms with Crippen molar-refractivity contribution in [2.45, 2.75) is 58.3 Å². The number of esters is 1. The van der Waals surface area contributed by atoms with Crippen molar-refractivity contribution in [2.75, 3.05) is 13.1 Å². The molecule has 10 nitrogen and oxygen atoms in total. The van der Waals surface area contributed by atoms with Crippen LogP contribution in [0.1, 0.15) is 57.5 Å². The van der Waals surface area contributed by atoms with Crippen molar-refractivity contribution in [1.29, 1.82) is 5.41 Å². The zero-order valence-corrected chi connectivity index (χ0v) is 19.7. The largest absolute Gasteiger partial charge is 0.459 e. The molecule has 1 N–H and O–H groups in total. The van der Waals surface area contributed by atoms with Gasteiger partial charge in [0.15, 0.2) is 12.6 Å². The number of nitrogens with zero attached hydrogens (tertiary/aromatic N) is 6. The van der Waals surface area contributed by atoms with Gasteiger partial charge in [-0.25, -0.2) is 4.79 Å². The molecule has 1 aromatic carbocycles. The Bertz CT molecular complexity index is 1050. The smallest absolute Gasteiger partial charge is 0.330 e. The summed E-state index contributed by atoms with van der Waals surface area (Å²) in [5, 5.41) is 25.6. The highest BCUT2D eigenvalue weighted by Gasteiger charge is 2.33. The van der Waals surface area contributed by atoms with Crippen LogP contribution in [-0.2, 0) is 20.9 Å². The van der Waals surface area contributed by atoms with E-state index < -0.39 is 17.7 Å². The van der Waals surface area contributed by atoms with Gasteiger partial charge in [-0.05, 0) is 44.9 Å². The number of likely N-dealkylation sites (tertiary alicyclic amines) is 1. The van der Waals surface area contributed by atoms with Crippen molar-refractivity contribution in [1.82, 2.24) is 25.1 Å². The van der Waals surface area contributed by atoms with Gasteiger partial charge in [0.2, 0.25) is 5.82 Å². The highest BCUT2D eigenvalue weighted by Crippen LogP contribution is 2.30. The molecule has 2 aliphatic rings. The normalized spacial score (nSPS) is 19.2. The summed E-state index contributed by atoms with van der Waals surface area (Å²) in [4.78, 5) is 20.9. The number of hydrogen-bond donors (Lipinski definition) is 1. The standard InChI is InChI=1S/C22H28ClN7O3/c1-22(2,3)32-19(31)13-30-26-21(25-28-30)17-12-18(27-33-17)29-10-8-14(9-11-29)20(24)15-6-4-5-7-16(15)23/h4-7,14,17,24H,8-13H2,1-3H3. The van der Waals surface area contributed by atoms with Gasteiger partial charge in [-0.2, -0.15) is 4.80 Å². The summed E-state index contributed by atoms with van der Waals surface area (Å²) < 4.78 is 5.28. The lowest BCUT2D eigenvalue weighted by Crippen LogP contribution is -2.39. The minimum Gasteiger partial charge on any atom is -0.459 e. The lowest BCUT2D eigenvalue weighted by atomic mass is 9.88. The fourth-order valence-electron chi connectivity index (χ4n) is 3.96. The molecule has 0 saturated carbocycles. The summed E-state index contributed by atoms with van der Waals surface area (Å²) in [6.45, 7) is 6.86. The van der Waals surface area contributed by atoms with E-state index in [0.29, 0.717) is 23.0 Å². The number of benzene rings is 1. The molecule has 176 valence electrons. The number of oxime groups is 1. The van der Waals surface area contributed by atoms with E-state index in [4.69, 9.17) is 26.6 Å². The first-order valence-corrected chi connectivity index (χ1v) is 11.4. The second kappa shape index (κ2) is 9.46. The Kier molecular flexibility index (Phi) is 6.64. The van der Waals surface area contributed by atoms with Gasteiger partial charge < -0.3 is 19.9 Å². The van der Waals surface area contributed by atoms with E-state index >= 15 is 0 Å². The zero-order chi connectivity index (χ0) is 23.6. The number of piperidine rings is 1. The molecule has 0 bridgehead atoms. The monoisotopic (exact) mass is 473 g/mol. The van der Waals surface area contributed by atoms with Crippen LogP contribution in [0.15, 0.2) is 29.4 Å². The van der Waals surface area contributed by atoms with E-state index in [0.717, 1.165) is 37.3 Å². The van der Waals surface area contributed by atoms with Crippen molar-refractivity contribution in [3.05, 3.63) is 40.7 Å². The molecule has 0 aliphatic carbocycles. The van der Waals surface area contributed by atoms with Gasteiger partial charge in [-0.15, -0.1) is 10.2 Å². The summed E-state index contributed by atoms with van der Waals surface area (Å²) in [5.74, 6) is 0.953. The second-order valence-electron chi connectivity index (χ2n) is 9.23. The van der Waals surface area contributed by atoms with E-state index in [1.165, 1.54) is 4.80 Å². The number of amidine groups is 1. The van der Waals surface area contributed by atoms with Gasteiger partial charge in [0.1, 0.15) is 11.4 Å². The Morgan fingerprint density at radius 3 is 2.70 bits per heavy atom. The van der Waals surface area contributed by atoms with Gasteiger partial charge in [0.05, 0.1) is 6.42 Å². The van der Waals surface area contributed by atoms with Crippen LogP contribution in [0.5, 0.6) is 0 Å². The number of carbonyl (C=O) groups excluding carboxylic acids is 1. The molecule has 0 radical (unpaired) electrons. The molecule has 1 unspecified atom stereocenters. The van der Waals surface area contributed by atoms with E-state index in [1.54, 1.807) is 20.8 Å². The van der Waals surface area contributed by atoms with Gasteiger partial charge in [-0.1, -0.05) is 35.0 Å². The molecule has 1 saturated heterocycles. The third-order valence-electron chi connectivity index (χ3n) is 5.53. The molecule has 0 amide bonds. The quantitative estimate of drug-likeness (QED) is 0.523. The average molecular weight is 474 g/mol. The van der Waals surface area contributed by atoms with Crippen LogP contribution < -0.4 is 0 Å². The fraction of sp³-hybridized carbons (Fsp3) is 0.545. The summed E-state index contributed by atoms with van der Waals surface area (Å²) in [7, 11) is 0. The maximum absolute atomic E-state index is 12.0. The molecular weight excluding hydrogens is 446 g/mol. The Balaban J connectivity index is 1.28. The second-order valence-corrected chi connectivity index (χ2v) is 9.63. The molecule has 2 aliphatic heterocycles. The predicted molar refractivity (Wildman–Crippen MR) is 122 cm³/mol. The van der Waals surface area contributed by atoms with Gasteiger partial charge in [0, 0.05) is 35.3 Å². The van der Waals surface area contributed by atoms with Gasteiger partial charge in [-0.3, -0.25) is 0 Å². The maximum atomic E-state index is 12.0. The Morgan fingerprint density at radius 2 is 2.00 bits per heavy atom. The third kappa shape index (κ3) is 5.68. The van der Waals surface area contributed by atoms with Crippen LogP contribution in [0.4, 0.5) is 0 Å². The Morgan fingerprint density at radius 1 is 1.27 bits per heavy atom. The van der Waals surface area contributed by atoms with Crippen molar-refractivity contribution in [2.24, 2.45) is 11.1 Å². The average Bonchev–Trinajstić information content (AvgIpc) is 3.42. The first kappa shape index (κ1) is 23.2. The lowest BCUT2D eigenvalue weighted by Gasteiger charge is -2.33. The number of nitrogens with one attached hydrogen (secondary N) is 1. The number of ether oxygens (including phenoxy) is 1. The SMILES string of the molecule is CC(C)(C)OC(=O)Cn1nnc(C2CC(N3CCC(C(=N)c4ccccc4Cl)CC3)=NO2)n1. The Hall–Kier alpha value is -3.01. The van der Waals surface area contributed by atoms with E-state index in [2.05, 4.69) is 25.5 Å². The van der Waals surface area contributed by atoms with Crippen molar-refractivity contribution < 1.29 is 14.4 Å². The molecule has 1 fully saturated rings. The van der Waals surface area contributed by atoms with Crippen LogP contribution in [0.3, 0.4) is 0 Å². The van der Waals surface area contributed by atoms with Crippen LogP contribution in [0.25, 0.3) is 0 Å². The van der Waals surface area contributed by atoms with Crippen LogP contribution in [0, 0.1) is 11.3 Å². The minimum atomic E-state index is -0.572. The molecular formula is C22H28ClN7O3. The van der Waals surface area contributed by atoms with Crippen LogP contribution in [-0.4, -0.2) is 61.3 Å². The van der Waals surface area contributed by atoms with Crippen molar-refractivity contribution in [3.8, 4) is 0 Å². The highest BCUT2D eigenvalue weighted by molar-refractivity contribution is 6.34. The molecule has 1 aromatic heterocycles. The molecule has 3 heterocycles. The topological polar surface area (TPSA) is 119 Å². The van der Waals surface area contributed by atoms with Gasteiger partial charge in [0.25, 0.3) is 0 Å². The first-order valence-electron chi connectivity index (χ1n) is 11.0. The van der Waals surface area contributed by atoms with E-state index in [9.17, 15) is 4.79 Å². The van der Waals surface area contributed by atoms with E-state index in [1.807, 2.05) is 24.3 Å². The third-order valence-corrected chi connectivity index (χ3v) is 5.86. The number of rotatable bonds is 5. The summed E-state index contributed by atoms with van der Waals surface area (Å²) in [5.41, 5.74) is 0.824.